The van der Waals surface area contributed by atoms with Gasteiger partial charge in [-0.05, 0) is 24.7 Å². The number of nitrogens with zero attached hydrogens (tertiary/aromatic N) is 2. The molecular formula is C15H19N3O2. The fourth-order valence-electron chi connectivity index (χ4n) is 2.49. The van der Waals surface area contributed by atoms with E-state index in [2.05, 4.69) is 22.4 Å². The van der Waals surface area contributed by atoms with Gasteiger partial charge in [-0.25, -0.2) is 4.98 Å². The zero-order valence-corrected chi connectivity index (χ0v) is 11.8. The van der Waals surface area contributed by atoms with Gasteiger partial charge < -0.3 is 19.4 Å². The third kappa shape index (κ3) is 2.36. The number of fused-ring (bicyclic) bond motifs is 1. The minimum Gasteiger partial charge on any atom is -0.490 e. The van der Waals surface area contributed by atoms with Crippen molar-refractivity contribution in [2.45, 2.75) is 12.5 Å². The van der Waals surface area contributed by atoms with Gasteiger partial charge in [0.1, 0.15) is 0 Å². The van der Waals surface area contributed by atoms with Gasteiger partial charge in [0.05, 0.1) is 37.5 Å². The van der Waals surface area contributed by atoms with Crippen LogP contribution in [0.4, 0.5) is 0 Å². The Morgan fingerprint density at radius 3 is 2.75 bits per heavy atom. The van der Waals surface area contributed by atoms with Crippen LogP contribution in [-0.4, -0.2) is 29.8 Å². The summed E-state index contributed by atoms with van der Waals surface area (Å²) in [6.45, 7) is 1.41. The fraction of sp³-hybridized carbons (Fsp3) is 0.400. The van der Waals surface area contributed by atoms with Gasteiger partial charge in [0, 0.05) is 13.5 Å². The van der Waals surface area contributed by atoms with Crippen LogP contribution in [0.15, 0.2) is 30.7 Å². The monoisotopic (exact) mass is 273 g/mol. The van der Waals surface area contributed by atoms with E-state index in [1.165, 1.54) is 0 Å². The Balaban J connectivity index is 1.96. The van der Waals surface area contributed by atoms with Crippen molar-refractivity contribution in [2.24, 2.45) is 7.05 Å². The number of aryl methyl sites for hydroxylation is 1. The van der Waals surface area contributed by atoms with E-state index in [0.717, 1.165) is 29.2 Å². The van der Waals surface area contributed by atoms with E-state index in [1.54, 1.807) is 0 Å². The van der Waals surface area contributed by atoms with E-state index in [9.17, 15) is 0 Å². The van der Waals surface area contributed by atoms with Crippen molar-refractivity contribution in [1.82, 2.24) is 14.9 Å². The molecule has 5 nitrogen and oxygen atoms in total. The van der Waals surface area contributed by atoms with E-state index < -0.39 is 0 Å². The highest BCUT2D eigenvalue weighted by molar-refractivity contribution is 5.45. The Bertz CT molecular complexity index is 595. The van der Waals surface area contributed by atoms with Crippen molar-refractivity contribution in [3.05, 3.63) is 42.0 Å². The number of nitrogens with one attached hydrogen (secondary N) is 1. The average Bonchev–Trinajstić information content (AvgIpc) is 2.75. The Hall–Kier alpha value is -2.01. The summed E-state index contributed by atoms with van der Waals surface area (Å²) in [5.41, 5.74) is 2.25. The van der Waals surface area contributed by atoms with Gasteiger partial charge in [0.25, 0.3) is 0 Å². The summed E-state index contributed by atoms with van der Waals surface area (Å²) in [6, 6.07) is 6.19. The minimum absolute atomic E-state index is 0.0830. The number of rotatable bonds is 3. The molecule has 3 rings (SSSR count). The summed E-state index contributed by atoms with van der Waals surface area (Å²) in [5, 5.41) is 3.33. The van der Waals surface area contributed by atoms with Gasteiger partial charge in [-0.15, -0.1) is 0 Å². The van der Waals surface area contributed by atoms with Crippen molar-refractivity contribution >= 4 is 0 Å². The first-order valence-electron chi connectivity index (χ1n) is 6.82. The second-order valence-electron chi connectivity index (χ2n) is 4.91. The first kappa shape index (κ1) is 13.0. The molecule has 2 aromatic rings. The lowest BCUT2D eigenvalue weighted by Gasteiger charge is -2.18. The molecule has 0 aliphatic carbocycles. The van der Waals surface area contributed by atoms with Gasteiger partial charge >= 0.3 is 0 Å². The summed E-state index contributed by atoms with van der Waals surface area (Å²) in [5.74, 6) is 1.65. The molecule has 0 amide bonds. The Kier molecular flexibility index (Phi) is 3.60. The molecule has 106 valence electrons. The molecule has 1 aromatic heterocycles. The molecule has 0 spiro atoms. The molecule has 1 aromatic carbocycles. The Labute approximate surface area is 118 Å². The predicted octanol–water partition coefficient (Wildman–Crippen LogP) is 1.89. The number of ether oxygens (including phenoxy) is 2. The smallest absolute Gasteiger partial charge is 0.161 e. The lowest BCUT2D eigenvalue weighted by molar-refractivity contribution is 0.297. The van der Waals surface area contributed by atoms with Gasteiger partial charge in [-0.2, -0.15) is 0 Å². The number of aromatic nitrogens is 2. The van der Waals surface area contributed by atoms with E-state index in [-0.39, 0.29) is 6.04 Å². The van der Waals surface area contributed by atoms with E-state index >= 15 is 0 Å². The lowest BCUT2D eigenvalue weighted by atomic mass is 10.0. The van der Waals surface area contributed by atoms with Crippen LogP contribution in [-0.2, 0) is 7.05 Å². The summed E-state index contributed by atoms with van der Waals surface area (Å²) in [4.78, 5) is 4.19. The van der Waals surface area contributed by atoms with E-state index in [4.69, 9.17) is 9.47 Å². The first-order chi connectivity index (χ1) is 9.79. The quantitative estimate of drug-likeness (QED) is 0.927. The van der Waals surface area contributed by atoms with Crippen LogP contribution in [0.1, 0.15) is 23.7 Å². The molecule has 1 unspecified atom stereocenters. The van der Waals surface area contributed by atoms with Crippen LogP contribution >= 0.6 is 0 Å². The molecule has 1 aliphatic heterocycles. The molecule has 1 N–H and O–H groups in total. The zero-order chi connectivity index (χ0) is 13.9. The standard InChI is InChI=1S/C15H19N3O2/c1-16-15(12-9-17-10-18(12)2)11-4-5-13-14(8-11)20-7-3-6-19-13/h4-5,8-10,15-16H,3,6-7H2,1-2H3. The lowest BCUT2D eigenvalue weighted by Crippen LogP contribution is -2.20. The van der Waals surface area contributed by atoms with Crippen molar-refractivity contribution in [1.29, 1.82) is 0 Å². The molecule has 2 heterocycles. The third-order valence-corrected chi connectivity index (χ3v) is 3.54. The van der Waals surface area contributed by atoms with Crippen molar-refractivity contribution < 1.29 is 9.47 Å². The largest absolute Gasteiger partial charge is 0.490 e. The number of benzene rings is 1. The SMILES string of the molecule is CNC(c1ccc2c(c1)OCCCO2)c1cncn1C. The summed E-state index contributed by atoms with van der Waals surface area (Å²) >= 11 is 0. The van der Waals surface area contributed by atoms with Crippen molar-refractivity contribution in [3.63, 3.8) is 0 Å². The summed E-state index contributed by atoms with van der Waals surface area (Å²) in [6.07, 6.45) is 4.61. The molecule has 20 heavy (non-hydrogen) atoms. The van der Waals surface area contributed by atoms with E-state index in [1.807, 2.05) is 37.3 Å². The molecule has 0 fully saturated rings. The average molecular weight is 273 g/mol. The maximum absolute atomic E-state index is 5.76. The maximum Gasteiger partial charge on any atom is 0.161 e. The Morgan fingerprint density at radius 1 is 1.25 bits per heavy atom. The number of hydrogen-bond donors (Lipinski definition) is 1. The third-order valence-electron chi connectivity index (χ3n) is 3.54. The summed E-state index contributed by atoms with van der Waals surface area (Å²) < 4.78 is 13.4. The molecule has 0 saturated carbocycles. The van der Waals surface area contributed by atoms with Gasteiger partial charge in [-0.3, -0.25) is 0 Å². The molecular weight excluding hydrogens is 254 g/mol. The summed E-state index contributed by atoms with van der Waals surface area (Å²) in [7, 11) is 3.94. The van der Waals surface area contributed by atoms with Crippen molar-refractivity contribution in [2.75, 3.05) is 20.3 Å². The van der Waals surface area contributed by atoms with Crippen molar-refractivity contribution in [3.8, 4) is 11.5 Å². The molecule has 0 bridgehead atoms. The highest BCUT2D eigenvalue weighted by atomic mass is 16.5. The van der Waals surface area contributed by atoms with E-state index in [0.29, 0.717) is 13.2 Å². The number of hydrogen-bond acceptors (Lipinski definition) is 4. The predicted molar refractivity (Wildman–Crippen MR) is 76.2 cm³/mol. The van der Waals surface area contributed by atoms with Crippen LogP contribution in [0.5, 0.6) is 11.5 Å². The zero-order valence-electron chi connectivity index (χ0n) is 11.8. The molecule has 0 radical (unpaired) electrons. The second kappa shape index (κ2) is 5.54. The highest BCUT2D eigenvalue weighted by Crippen LogP contribution is 2.33. The van der Waals surface area contributed by atoms with Gasteiger partial charge in [0.15, 0.2) is 11.5 Å². The Morgan fingerprint density at radius 2 is 2.05 bits per heavy atom. The van der Waals surface area contributed by atoms with Crippen LogP contribution in [0.3, 0.4) is 0 Å². The normalized spacial score (nSPS) is 15.7. The van der Waals surface area contributed by atoms with Gasteiger partial charge in [0.2, 0.25) is 0 Å². The molecule has 1 aliphatic rings. The van der Waals surface area contributed by atoms with Gasteiger partial charge in [-0.1, -0.05) is 6.07 Å². The maximum atomic E-state index is 5.76. The number of imidazole rings is 1. The van der Waals surface area contributed by atoms with Crippen LogP contribution < -0.4 is 14.8 Å². The minimum atomic E-state index is 0.0830. The molecule has 5 heteroatoms. The van der Waals surface area contributed by atoms with Crippen LogP contribution in [0.2, 0.25) is 0 Å². The van der Waals surface area contributed by atoms with Crippen LogP contribution in [0, 0.1) is 0 Å². The van der Waals surface area contributed by atoms with Crippen LogP contribution in [0.25, 0.3) is 0 Å². The topological polar surface area (TPSA) is 48.3 Å². The molecule has 1 atom stereocenters. The first-order valence-corrected chi connectivity index (χ1v) is 6.82. The highest BCUT2D eigenvalue weighted by Gasteiger charge is 2.18. The molecule has 0 saturated heterocycles. The fourth-order valence-corrected chi connectivity index (χ4v) is 2.49. The second-order valence-corrected chi connectivity index (χ2v) is 4.91.